The molecule has 0 unspecified atom stereocenters. The van der Waals surface area contributed by atoms with Gasteiger partial charge in [0, 0.05) is 6.20 Å². The van der Waals surface area contributed by atoms with Crippen molar-refractivity contribution in [1.82, 2.24) is 9.61 Å². The summed E-state index contributed by atoms with van der Waals surface area (Å²) in [5.74, 6) is -5.71. The number of hydrogen-bond donors (Lipinski definition) is 2. The monoisotopic (exact) mass is 365 g/mol. The number of hydrogen-bond acceptors (Lipinski definition) is 6. The zero-order chi connectivity index (χ0) is 18.7. The molecule has 0 atom stereocenters. The molecule has 2 rings (SSSR count). The highest BCUT2D eigenvalue weighted by Gasteiger charge is 2.31. The normalized spacial score (nSPS) is 10.6. The molecule has 0 aliphatic heterocycles. The second-order valence-electron chi connectivity index (χ2n) is 4.95. The van der Waals surface area contributed by atoms with Gasteiger partial charge in [-0.25, -0.2) is 9.31 Å². The Hall–Kier alpha value is -3.12. The van der Waals surface area contributed by atoms with Gasteiger partial charge in [0.25, 0.3) is 0 Å². The maximum absolute atomic E-state index is 12.2. The maximum Gasteiger partial charge on any atom is 0.340 e. The van der Waals surface area contributed by atoms with E-state index in [-0.39, 0.29) is 33.8 Å². The minimum absolute atomic E-state index is 0.00567. The molecule has 2 heterocycles. The summed E-state index contributed by atoms with van der Waals surface area (Å²) in [5.41, 5.74) is 0.0871. The van der Waals surface area contributed by atoms with Crippen molar-refractivity contribution in [3.05, 3.63) is 34.1 Å². The summed E-state index contributed by atoms with van der Waals surface area (Å²) in [6.45, 7) is 1.65. The van der Waals surface area contributed by atoms with E-state index in [4.69, 9.17) is 31.8 Å². The number of carboxylic acid groups (broad SMARTS) is 2. The fourth-order valence-electron chi connectivity index (χ4n) is 2.31. The zero-order valence-corrected chi connectivity index (χ0v) is 13.6. The number of nitrogens with zero attached hydrogens (tertiary/aromatic N) is 3. The highest BCUT2D eigenvalue weighted by atomic mass is 35.5. The first-order chi connectivity index (χ1) is 11.8. The molecule has 0 fully saturated rings. The molecule has 2 N–H and O–H groups in total. The molecular weight excluding hydrogens is 354 g/mol. The molecule has 0 saturated carbocycles. The number of aromatic nitrogens is 2. The third-order valence-electron chi connectivity index (χ3n) is 3.47. The highest BCUT2D eigenvalue weighted by Crippen LogP contribution is 2.30. The number of nitriles is 1. The first-order valence-electron chi connectivity index (χ1n) is 7.03. The molecule has 25 heavy (non-hydrogen) atoms. The van der Waals surface area contributed by atoms with E-state index in [1.54, 1.807) is 6.92 Å². The third-order valence-corrected chi connectivity index (χ3v) is 3.85. The van der Waals surface area contributed by atoms with Gasteiger partial charge in [-0.2, -0.15) is 10.4 Å². The van der Waals surface area contributed by atoms with Crippen LogP contribution in [0, 0.1) is 17.2 Å². The predicted octanol–water partition coefficient (Wildman–Crippen LogP) is 1.36. The van der Waals surface area contributed by atoms with Gasteiger partial charge >= 0.3 is 17.9 Å². The SMILES string of the molecule is CCOC(=O)c1cn2ncc(C#N)c(Cl)c2c1CC(C(=O)O)C(=O)O. The fraction of sp³-hybridized carbons (Fsp3) is 0.267. The molecule has 0 bridgehead atoms. The van der Waals surface area contributed by atoms with Gasteiger partial charge in [0.1, 0.15) is 6.07 Å². The number of fused-ring (bicyclic) bond motifs is 1. The standard InChI is InChI=1S/C15H12ClN3O6/c1-2-25-15(24)10-6-19-12(11(16)7(4-17)5-18-19)8(10)3-9(13(20)21)14(22)23/h5-6,9H,2-3H2,1H3,(H,20,21)(H,22,23). The molecule has 0 aliphatic carbocycles. The summed E-state index contributed by atoms with van der Waals surface area (Å²) in [6, 6.07) is 1.82. The molecule has 0 radical (unpaired) electrons. The first-order valence-corrected chi connectivity index (χ1v) is 7.41. The van der Waals surface area contributed by atoms with E-state index in [2.05, 4.69) is 5.10 Å². The molecule has 0 spiro atoms. The molecule has 0 aromatic carbocycles. The molecule has 0 saturated heterocycles. The number of carbonyl (C=O) groups is 3. The fourth-order valence-corrected chi connectivity index (χ4v) is 2.60. The van der Waals surface area contributed by atoms with Crippen LogP contribution in [0.25, 0.3) is 5.52 Å². The van der Waals surface area contributed by atoms with Crippen molar-refractivity contribution in [3.63, 3.8) is 0 Å². The Morgan fingerprint density at radius 3 is 2.56 bits per heavy atom. The van der Waals surface area contributed by atoms with Crippen LogP contribution in [0.1, 0.15) is 28.4 Å². The van der Waals surface area contributed by atoms with Crippen LogP contribution in [-0.2, 0) is 20.7 Å². The molecule has 2 aromatic heterocycles. The number of carboxylic acids is 2. The Labute approximate surface area is 146 Å². The molecule has 130 valence electrons. The predicted molar refractivity (Wildman–Crippen MR) is 83.3 cm³/mol. The number of aliphatic carboxylic acids is 2. The Balaban J connectivity index is 2.73. The smallest absolute Gasteiger partial charge is 0.340 e. The summed E-state index contributed by atoms with van der Waals surface area (Å²) < 4.78 is 6.10. The Morgan fingerprint density at radius 2 is 2.04 bits per heavy atom. The number of halogens is 1. The second-order valence-corrected chi connectivity index (χ2v) is 5.33. The van der Waals surface area contributed by atoms with Crippen LogP contribution in [0.3, 0.4) is 0 Å². The van der Waals surface area contributed by atoms with Crippen molar-refractivity contribution in [2.75, 3.05) is 6.61 Å². The van der Waals surface area contributed by atoms with Crippen LogP contribution in [0.2, 0.25) is 5.02 Å². The van der Waals surface area contributed by atoms with Gasteiger partial charge in [0.05, 0.1) is 34.5 Å². The summed E-state index contributed by atoms with van der Waals surface area (Å²) in [7, 11) is 0. The average Bonchev–Trinajstić information content (AvgIpc) is 2.92. The first kappa shape index (κ1) is 18.2. The van der Waals surface area contributed by atoms with Crippen LogP contribution in [-0.4, -0.2) is 44.3 Å². The van der Waals surface area contributed by atoms with Gasteiger partial charge in [-0.1, -0.05) is 11.6 Å². The minimum Gasteiger partial charge on any atom is -0.481 e. The van der Waals surface area contributed by atoms with E-state index in [0.717, 1.165) is 0 Å². The van der Waals surface area contributed by atoms with Gasteiger partial charge in [-0.3, -0.25) is 9.59 Å². The average molecular weight is 366 g/mol. The second kappa shape index (κ2) is 7.19. The lowest BCUT2D eigenvalue weighted by molar-refractivity contribution is -0.154. The number of ether oxygens (including phenoxy) is 1. The molecule has 2 aromatic rings. The van der Waals surface area contributed by atoms with Crippen LogP contribution in [0.4, 0.5) is 0 Å². The van der Waals surface area contributed by atoms with Gasteiger partial charge in [0.15, 0.2) is 5.92 Å². The lowest BCUT2D eigenvalue weighted by Crippen LogP contribution is -2.26. The highest BCUT2D eigenvalue weighted by molar-refractivity contribution is 6.35. The van der Waals surface area contributed by atoms with E-state index in [9.17, 15) is 14.4 Å². The zero-order valence-electron chi connectivity index (χ0n) is 12.9. The van der Waals surface area contributed by atoms with E-state index in [1.807, 2.05) is 6.07 Å². The summed E-state index contributed by atoms with van der Waals surface area (Å²) in [5, 5.41) is 31.2. The lowest BCUT2D eigenvalue weighted by atomic mass is 9.97. The van der Waals surface area contributed by atoms with E-state index < -0.39 is 30.2 Å². The molecule has 9 nitrogen and oxygen atoms in total. The Bertz CT molecular complexity index is 900. The van der Waals surface area contributed by atoms with Gasteiger partial charge < -0.3 is 14.9 Å². The van der Waals surface area contributed by atoms with Gasteiger partial charge in [0.2, 0.25) is 0 Å². The van der Waals surface area contributed by atoms with E-state index in [0.29, 0.717) is 0 Å². The van der Waals surface area contributed by atoms with Crippen molar-refractivity contribution in [2.45, 2.75) is 13.3 Å². The summed E-state index contributed by atoms with van der Waals surface area (Å²) in [6.07, 6.45) is 1.92. The molecule has 0 aliphatic rings. The molecule has 0 amide bonds. The Morgan fingerprint density at radius 1 is 1.40 bits per heavy atom. The van der Waals surface area contributed by atoms with Crippen molar-refractivity contribution in [2.24, 2.45) is 5.92 Å². The number of esters is 1. The Kier molecular flexibility index (Phi) is 5.24. The van der Waals surface area contributed by atoms with Crippen LogP contribution in [0.15, 0.2) is 12.4 Å². The largest absolute Gasteiger partial charge is 0.481 e. The van der Waals surface area contributed by atoms with E-state index >= 15 is 0 Å². The lowest BCUT2D eigenvalue weighted by Gasteiger charge is -2.09. The molecule has 10 heteroatoms. The topological polar surface area (TPSA) is 142 Å². The van der Waals surface area contributed by atoms with Crippen LogP contribution >= 0.6 is 11.6 Å². The minimum atomic E-state index is -1.80. The molecular formula is C15H12ClN3O6. The third kappa shape index (κ3) is 3.39. The number of carbonyl (C=O) groups excluding carboxylic acids is 1. The summed E-state index contributed by atoms with van der Waals surface area (Å²) in [4.78, 5) is 34.6. The van der Waals surface area contributed by atoms with Gasteiger partial charge in [-0.15, -0.1) is 0 Å². The van der Waals surface area contributed by atoms with Crippen LogP contribution in [0.5, 0.6) is 0 Å². The van der Waals surface area contributed by atoms with Crippen molar-refractivity contribution < 1.29 is 29.3 Å². The maximum atomic E-state index is 12.2. The van der Waals surface area contributed by atoms with Crippen molar-refractivity contribution in [1.29, 1.82) is 5.26 Å². The van der Waals surface area contributed by atoms with Gasteiger partial charge in [-0.05, 0) is 18.9 Å². The quantitative estimate of drug-likeness (QED) is 0.577. The van der Waals surface area contributed by atoms with Crippen molar-refractivity contribution >= 4 is 35.0 Å². The van der Waals surface area contributed by atoms with Crippen LogP contribution < -0.4 is 0 Å². The van der Waals surface area contributed by atoms with E-state index in [1.165, 1.54) is 16.9 Å². The van der Waals surface area contributed by atoms with Crippen molar-refractivity contribution in [3.8, 4) is 6.07 Å². The number of rotatable bonds is 6. The summed E-state index contributed by atoms with van der Waals surface area (Å²) >= 11 is 6.15.